The van der Waals surface area contributed by atoms with Gasteiger partial charge in [-0.1, -0.05) is 23.2 Å². The van der Waals surface area contributed by atoms with E-state index in [0.717, 1.165) is 10.4 Å². The van der Waals surface area contributed by atoms with Crippen LogP contribution in [-0.4, -0.2) is 53.2 Å². The predicted octanol–water partition coefficient (Wildman–Crippen LogP) is 3.43. The van der Waals surface area contributed by atoms with Crippen molar-refractivity contribution in [2.45, 2.75) is 19.6 Å². The van der Waals surface area contributed by atoms with Crippen LogP contribution in [0.3, 0.4) is 0 Å². The molecule has 30 heavy (non-hydrogen) atoms. The first-order chi connectivity index (χ1) is 14.1. The van der Waals surface area contributed by atoms with Crippen molar-refractivity contribution in [3.05, 3.63) is 39.6 Å². The molecule has 2 amide bonds. The zero-order chi connectivity index (χ0) is 22.1. The Labute approximate surface area is 180 Å². The zero-order valence-electron chi connectivity index (χ0n) is 15.8. The lowest BCUT2D eigenvalue weighted by Crippen LogP contribution is -2.49. The maximum Gasteiger partial charge on any atom is 0.436 e. The summed E-state index contributed by atoms with van der Waals surface area (Å²) in [5.41, 5.74) is 0.212. The highest BCUT2D eigenvalue weighted by Gasteiger charge is 2.38. The van der Waals surface area contributed by atoms with Crippen molar-refractivity contribution in [2.24, 2.45) is 0 Å². The lowest BCUT2D eigenvalue weighted by Gasteiger charge is -2.36. The van der Waals surface area contributed by atoms with Crippen molar-refractivity contribution in [3.63, 3.8) is 0 Å². The molecule has 7 nitrogen and oxygen atoms in total. The van der Waals surface area contributed by atoms with Crippen LogP contribution >= 0.6 is 23.2 Å². The minimum absolute atomic E-state index is 0.0901. The second-order valence-electron chi connectivity index (χ2n) is 6.70. The van der Waals surface area contributed by atoms with Crippen LogP contribution in [-0.2, 0) is 22.3 Å². The number of anilines is 2. The van der Waals surface area contributed by atoms with E-state index in [4.69, 9.17) is 23.2 Å². The molecule has 1 aromatic heterocycles. The molecule has 0 saturated carbocycles. The number of nitrogens with zero attached hydrogens (tertiary/aromatic N) is 4. The van der Waals surface area contributed by atoms with Crippen LogP contribution in [0, 0.1) is 6.92 Å². The van der Waals surface area contributed by atoms with Crippen molar-refractivity contribution < 1.29 is 22.8 Å². The van der Waals surface area contributed by atoms with Crippen molar-refractivity contribution in [2.75, 3.05) is 36.4 Å². The minimum atomic E-state index is -4.68. The van der Waals surface area contributed by atoms with Gasteiger partial charge in [0, 0.05) is 31.9 Å². The van der Waals surface area contributed by atoms with Gasteiger partial charge >= 0.3 is 6.18 Å². The maximum absolute atomic E-state index is 12.9. The quantitative estimate of drug-likeness (QED) is 0.689. The van der Waals surface area contributed by atoms with Gasteiger partial charge in [-0.05, 0) is 25.1 Å². The van der Waals surface area contributed by atoms with Gasteiger partial charge in [0.25, 0.3) is 0 Å². The summed E-state index contributed by atoms with van der Waals surface area (Å²) in [5.74, 6) is -0.343. The second kappa shape index (κ2) is 8.73. The summed E-state index contributed by atoms with van der Waals surface area (Å²) < 4.78 is 39.8. The van der Waals surface area contributed by atoms with Gasteiger partial charge in [-0.25, -0.2) is 0 Å². The number of nitrogens with one attached hydrogen (secondary N) is 1. The molecule has 0 atom stereocenters. The van der Waals surface area contributed by atoms with E-state index in [-0.39, 0.29) is 18.1 Å². The van der Waals surface area contributed by atoms with Crippen LogP contribution in [0.4, 0.5) is 24.5 Å². The van der Waals surface area contributed by atoms with Gasteiger partial charge < -0.3 is 15.1 Å². The fourth-order valence-corrected chi connectivity index (χ4v) is 3.60. The largest absolute Gasteiger partial charge is 0.436 e. The lowest BCUT2D eigenvalue weighted by atomic mass is 10.2. The van der Waals surface area contributed by atoms with Crippen LogP contribution in [0.25, 0.3) is 0 Å². The van der Waals surface area contributed by atoms with Crippen molar-refractivity contribution in [1.82, 2.24) is 14.7 Å². The van der Waals surface area contributed by atoms with Crippen LogP contribution in [0.15, 0.2) is 18.2 Å². The highest BCUT2D eigenvalue weighted by Crippen LogP contribution is 2.35. The topological polar surface area (TPSA) is 70.5 Å². The third-order valence-electron chi connectivity index (χ3n) is 4.85. The SMILES string of the molecule is Cc1c(Cl)c(C(F)(F)F)nn1CC(=O)N1CCN(c2ccc(Cl)c(NC=O)c2)CC1. The van der Waals surface area contributed by atoms with Crippen molar-refractivity contribution >= 4 is 46.9 Å². The van der Waals surface area contributed by atoms with Gasteiger partial charge in [-0.15, -0.1) is 0 Å². The molecule has 1 saturated heterocycles. The Morgan fingerprint density at radius 1 is 1.23 bits per heavy atom. The highest BCUT2D eigenvalue weighted by molar-refractivity contribution is 6.33. The molecule has 1 aliphatic heterocycles. The Balaban J connectivity index is 1.64. The molecule has 12 heteroatoms. The van der Waals surface area contributed by atoms with Gasteiger partial charge in [-0.3, -0.25) is 14.3 Å². The van der Waals surface area contributed by atoms with Crippen molar-refractivity contribution in [3.8, 4) is 0 Å². The van der Waals surface area contributed by atoms with Gasteiger partial charge in [0.15, 0.2) is 5.69 Å². The van der Waals surface area contributed by atoms with Gasteiger partial charge in [0.05, 0.1) is 21.4 Å². The molecular weight excluding hydrogens is 446 g/mol. The smallest absolute Gasteiger partial charge is 0.368 e. The van der Waals surface area contributed by atoms with E-state index in [1.165, 1.54) is 6.92 Å². The number of amides is 2. The van der Waals surface area contributed by atoms with Crippen LogP contribution < -0.4 is 10.2 Å². The summed E-state index contributed by atoms with van der Waals surface area (Å²) in [5, 5.41) is 5.91. The number of carbonyl (C=O) groups excluding carboxylic acids is 2. The predicted molar refractivity (Wildman–Crippen MR) is 107 cm³/mol. The first kappa shape index (κ1) is 22.2. The summed E-state index contributed by atoms with van der Waals surface area (Å²) in [6.45, 7) is 2.87. The Hall–Kier alpha value is -2.46. The number of carbonyl (C=O) groups is 2. The molecule has 1 aromatic carbocycles. The van der Waals surface area contributed by atoms with E-state index in [2.05, 4.69) is 10.4 Å². The number of rotatable bonds is 5. The molecule has 0 spiro atoms. The molecule has 0 radical (unpaired) electrons. The molecule has 3 rings (SSSR count). The van der Waals surface area contributed by atoms with Crippen LogP contribution in [0.2, 0.25) is 10.0 Å². The fraction of sp³-hybridized carbons (Fsp3) is 0.389. The summed E-state index contributed by atoms with van der Waals surface area (Å²) in [7, 11) is 0. The molecule has 1 N–H and O–H groups in total. The van der Waals surface area contributed by atoms with Gasteiger partial charge in [0.1, 0.15) is 6.54 Å². The lowest BCUT2D eigenvalue weighted by molar-refractivity contribution is -0.142. The van der Waals surface area contributed by atoms with E-state index in [9.17, 15) is 22.8 Å². The number of halogens is 5. The normalized spacial score (nSPS) is 14.7. The number of hydrogen-bond acceptors (Lipinski definition) is 4. The molecule has 2 heterocycles. The molecule has 1 aliphatic rings. The van der Waals surface area contributed by atoms with E-state index in [0.29, 0.717) is 43.3 Å². The standard InChI is InChI=1S/C18H18Cl2F3N5O2/c1-11-16(20)17(18(21,22)23)25-28(11)9-15(30)27-6-4-26(5-7-27)12-2-3-13(19)14(8-12)24-10-29/h2-3,8,10H,4-7,9H2,1H3,(H,24,29). The Morgan fingerprint density at radius 2 is 1.90 bits per heavy atom. The van der Waals surface area contributed by atoms with E-state index in [1.54, 1.807) is 17.0 Å². The second-order valence-corrected chi connectivity index (χ2v) is 7.48. The van der Waals surface area contributed by atoms with Crippen LogP contribution in [0.1, 0.15) is 11.4 Å². The summed E-state index contributed by atoms with van der Waals surface area (Å²) >= 11 is 11.8. The Morgan fingerprint density at radius 3 is 2.47 bits per heavy atom. The average molecular weight is 464 g/mol. The average Bonchev–Trinajstić information content (AvgIpc) is 2.98. The summed E-state index contributed by atoms with van der Waals surface area (Å²) in [6, 6.07) is 5.22. The van der Waals surface area contributed by atoms with E-state index >= 15 is 0 Å². The van der Waals surface area contributed by atoms with Gasteiger partial charge in [-0.2, -0.15) is 18.3 Å². The molecule has 1 fully saturated rings. The zero-order valence-corrected chi connectivity index (χ0v) is 17.4. The Bertz CT molecular complexity index is 956. The Kier molecular flexibility index (Phi) is 6.47. The van der Waals surface area contributed by atoms with E-state index < -0.39 is 16.9 Å². The minimum Gasteiger partial charge on any atom is -0.368 e. The summed E-state index contributed by atoms with van der Waals surface area (Å²) in [4.78, 5) is 26.8. The highest BCUT2D eigenvalue weighted by atomic mass is 35.5. The van der Waals surface area contributed by atoms with Crippen molar-refractivity contribution in [1.29, 1.82) is 0 Å². The maximum atomic E-state index is 12.9. The third-order valence-corrected chi connectivity index (χ3v) is 5.63. The molecular formula is C18H18Cl2F3N5O2. The number of hydrogen-bond donors (Lipinski definition) is 1. The summed E-state index contributed by atoms with van der Waals surface area (Å²) in [6.07, 6.45) is -4.15. The third kappa shape index (κ3) is 4.65. The number of piperazine rings is 1. The molecule has 0 unspecified atom stereocenters. The van der Waals surface area contributed by atoms with Crippen LogP contribution in [0.5, 0.6) is 0 Å². The first-order valence-corrected chi connectivity index (χ1v) is 9.70. The first-order valence-electron chi connectivity index (χ1n) is 8.94. The van der Waals surface area contributed by atoms with E-state index in [1.807, 2.05) is 11.0 Å². The molecule has 0 bridgehead atoms. The number of alkyl halides is 3. The molecule has 0 aliphatic carbocycles. The number of benzene rings is 1. The molecule has 162 valence electrons. The monoisotopic (exact) mass is 463 g/mol. The fourth-order valence-electron chi connectivity index (χ4n) is 3.19. The van der Waals surface area contributed by atoms with Gasteiger partial charge in [0.2, 0.25) is 12.3 Å². The molecule has 2 aromatic rings. The number of aromatic nitrogens is 2.